The number of hydrogen-bond acceptors (Lipinski definition) is 6. The Morgan fingerprint density at radius 3 is 3.00 bits per heavy atom. The Kier molecular flexibility index (Phi) is 4.43. The summed E-state index contributed by atoms with van der Waals surface area (Å²) in [6.45, 7) is 1.81. The topological polar surface area (TPSA) is 80.0 Å². The van der Waals surface area contributed by atoms with E-state index < -0.39 is 0 Å². The highest BCUT2D eigenvalue weighted by molar-refractivity contribution is 7.25. The van der Waals surface area contributed by atoms with E-state index >= 15 is 0 Å². The van der Waals surface area contributed by atoms with Gasteiger partial charge in [0.05, 0.1) is 10.9 Å². The van der Waals surface area contributed by atoms with Gasteiger partial charge in [0.25, 0.3) is 5.56 Å². The molecule has 0 aliphatic heterocycles. The summed E-state index contributed by atoms with van der Waals surface area (Å²) in [7, 11) is 1.83. The van der Waals surface area contributed by atoms with Gasteiger partial charge in [-0.05, 0) is 31.2 Å². The Bertz CT molecular complexity index is 1040. The maximum atomic E-state index is 12.6. The molecule has 122 valence electrons. The van der Waals surface area contributed by atoms with Crippen LogP contribution in [0.25, 0.3) is 26.6 Å². The first-order valence-corrected chi connectivity index (χ1v) is 8.13. The monoisotopic (exact) mass is 340 g/mol. The van der Waals surface area contributed by atoms with E-state index in [9.17, 15) is 9.90 Å². The molecule has 24 heavy (non-hydrogen) atoms. The number of aliphatic hydroxyl groups is 1. The van der Waals surface area contributed by atoms with Gasteiger partial charge in [0.2, 0.25) is 0 Å². The molecule has 3 aromatic heterocycles. The van der Waals surface area contributed by atoms with E-state index in [0.29, 0.717) is 10.2 Å². The van der Waals surface area contributed by atoms with E-state index in [1.807, 2.05) is 20.0 Å². The molecule has 2 N–H and O–H groups in total. The van der Waals surface area contributed by atoms with Gasteiger partial charge in [0, 0.05) is 25.1 Å². The van der Waals surface area contributed by atoms with Crippen LogP contribution in [0.1, 0.15) is 6.92 Å². The van der Waals surface area contributed by atoms with Crippen LogP contribution in [0.4, 0.5) is 5.69 Å². The van der Waals surface area contributed by atoms with E-state index in [-0.39, 0.29) is 11.3 Å². The Balaban J connectivity index is 2.12. The SMILES string of the molecule is C\C=C/C(O)=C\C=C\n1cnc2c(sc3nccc(NC)c32)c1=O. The molecule has 0 aliphatic carbocycles. The second-order valence-electron chi connectivity index (χ2n) is 4.96. The summed E-state index contributed by atoms with van der Waals surface area (Å²) in [6, 6.07) is 1.86. The van der Waals surface area contributed by atoms with Gasteiger partial charge in [-0.25, -0.2) is 9.97 Å². The molecule has 3 heterocycles. The maximum Gasteiger partial charge on any atom is 0.275 e. The van der Waals surface area contributed by atoms with Gasteiger partial charge >= 0.3 is 0 Å². The van der Waals surface area contributed by atoms with Crippen molar-refractivity contribution >= 4 is 43.7 Å². The van der Waals surface area contributed by atoms with Gasteiger partial charge in [-0.3, -0.25) is 9.36 Å². The number of fused-ring (bicyclic) bond motifs is 3. The Labute approximate surface area is 142 Å². The van der Waals surface area contributed by atoms with Crippen molar-refractivity contribution in [3.63, 3.8) is 0 Å². The zero-order valence-corrected chi connectivity index (χ0v) is 14.0. The van der Waals surface area contributed by atoms with Crippen molar-refractivity contribution in [3.8, 4) is 0 Å². The lowest BCUT2D eigenvalue weighted by atomic mass is 10.2. The van der Waals surface area contributed by atoms with Crippen molar-refractivity contribution in [3.05, 3.63) is 59.0 Å². The molecule has 7 heteroatoms. The van der Waals surface area contributed by atoms with Crippen molar-refractivity contribution in [1.29, 1.82) is 0 Å². The largest absolute Gasteiger partial charge is 0.508 e. The van der Waals surface area contributed by atoms with Gasteiger partial charge in [0.15, 0.2) is 0 Å². The molecular formula is C17H16N4O2S. The third kappa shape index (κ3) is 2.81. The number of hydrogen-bond donors (Lipinski definition) is 2. The highest BCUT2D eigenvalue weighted by atomic mass is 32.1. The van der Waals surface area contributed by atoms with E-state index in [0.717, 1.165) is 15.9 Å². The van der Waals surface area contributed by atoms with Gasteiger partial charge in [0.1, 0.15) is 21.6 Å². The normalized spacial score (nSPS) is 12.8. The fourth-order valence-corrected chi connectivity index (χ4v) is 3.40. The van der Waals surface area contributed by atoms with E-state index in [4.69, 9.17) is 0 Å². The minimum absolute atomic E-state index is 0.112. The lowest BCUT2D eigenvalue weighted by Gasteiger charge is -2.01. The lowest BCUT2D eigenvalue weighted by Crippen LogP contribution is -2.14. The van der Waals surface area contributed by atoms with Gasteiger partial charge < -0.3 is 10.4 Å². The van der Waals surface area contributed by atoms with Crippen LogP contribution in [0.15, 0.2) is 53.4 Å². The molecule has 0 spiro atoms. The fraction of sp³-hybridized carbons (Fsp3) is 0.118. The molecular weight excluding hydrogens is 324 g/mol. The van der Waals surface area contributed by atoms with Crippen LogP contribution in [0.3, 0.4) is 0 Å². The maximum absolute atomic E-state index is 12.6. The van der Waals surface area contributed by atoms with Crippen molar-refractivity contribution in [1.82, 2.24) is 14.5 Å². The summed E-state index contributed by atoms with van der Waals surface area (Å²) in [5.41, 5.74) is 1.38. The summed E-state index contributed by atoms with van der Waals surface area (Å²) >= 11 is 1.32. The third-order valence-corrected chi connectivity index (χ3v) is 4.50. The highest BCUT2D eigenvalue weighted by Crippen LogP contribution is 2.33. The number of pyridine rings is 1. The zero-order valence-electron chi connectivity index (χ0n) is 13.2. The molecule has 0 saturated heterocycles. The lowest BCUT2D eigenvalue weighted by molar-refractivity contribution is 0.432. The van der Waals surface area contributed by atoms with Gasteiger partial charge in [-0.2, -0.15) is 0 Å². The summed E-state index contributed by atoms with van der Waals surface area (Å²) in [5.74, 6) is 0.112. The first-order valence-electron chi connectivity index (χ1n) is 7.32. The van der Waals surface area contributed by atoms with Gasteiger partial charge in [-0.1, -0.05) is 6.08 Å². The number of rotatable bonds is 4. The number of allylic oxidation sites excluding steroid dienone is 4. The number of anilines is 1. The van der Waals surface area contributed by atoms with Gasteiger partial charge in [-0.15, -0.1) is 11.3 Å². The average molecular weight is 340 g/mol. The standard InChI is InChI=1S/C17H16N4O2S/c1-3-5-11(22)6-4-9-21-10-20-14-13-12(18-2)7-8-19-16(13)24-15(14)17(21)23/h3-10,22H,1-2H3,(H,18,19)/b5-3-,9-4+,11-6+. The predicted molar refractivity (Wildman–Crippen MR) is 99.6 cm³/mol. The number of aliphatic hydroxyl groups excluding tert-OH is 1. The van der Waals surface area contributed by atoms with Crippen molar-refractivity contribution in [2.75, 3.05) is 12.4 Å². The van der Waals surface area contributed by atoms with Crippen LogP contribution in [0, 0.1) is 0 Å². The number of aromatic nitrogens is 3. The molecule has 6 nitrogen and oxygen atoms in total. The smallest absolute Gasteiger partial charge is 0.275 e. The van der Waals surface area contributed by atoms with E-state index in [1.54, 1.807) is 30.6 Å². The molecule has 0 aromatic carbocycles. The quantitative estimate of drug-likeness (QED) is 0.561. The molecule has 0 bridgehead atoms. The summed E-state index contributed by atoms with van der Waals surface area (Å²) in [5, 5.41) is 13.5. The van der Waals surface area contributed by atoms with Crippen LogP contribution in [0.5, 0.6) is 0 Å². The van der Waals surface area contributed by atoms with Crippen molar-refractivity contribution in [2.45, 2.75) is 6.92 Å². The number of nitrogens with zero attached hydrogens (tertiary/aromatic N) is 3. The minimum Gasteiger partial charge on any atom is -0.508 e. The molecule has 0 aliphatic rings. The Hall–Kier alpha value is -2.93. The molecule has 0 fully saturated rings. The molecule has 3 rings (SSSR count). The highest BCUT2D eigenvalue weighted by Gasteiger charge is 2.14. The van der Waals surface area contributed by atoms with E-state index in [1.165, 1.54) is 28.3 Å². The predicted octanol–water partition coefficient (Wildman–Crippen LogP) is 3.54. The zero-order chi connectivity index (χ0) is 17.1. The molecule has 0 atom stereocenters. The van der Waals surface area contributed by atoms with Crippen LogP contribution in [-0.2, 0) is 0 Å². The summed E-state index contributed by atoms with van der Waals surface area (Å²) in [4.78, 5) is 22.2. The second-order valence-corrected chi connectivity index (χ2v) is 5.96. The minimum atomic E-state index is -0.166. The summed E-state index contributed by atoms with van der Waals surface area (Å²) in [6.07, 6.45) is 11.1. The Morgan fingerprint density at radius 1 is 1.42 bits per heavy atom. The first-order chi connectivity index (χ1) is 11.7. The number of thiophene rings is 1. The Morgan fingerprint density at radius 2 is 2.25 bits per heavy atom. The van der Waals surface area contributed by atoms with Crippen LogP contribution in [0.2, 0.25) is 0 Å². The fourth-order valence-electron chi connectivity index (χ4n) is 2.34. The summed E-state index contributed by atoms with van der Waals surface area (Å²) < 4.78 is 1.94. The molecule has 0 saturated carbocycles. The van der Waals surface area contributed by atoms with Crippen LogP contribution < -0.4 is 10.9 Å². The molecule has 0 radical (unpaired) electrons. The third-order valence-electron chi connectivity index (χ3n) is 3.43. The first kappa shape index (κ1) is 15.9. The van der Waals surface area contributed by atoms with Crippen molar-refractivity contribution < 1.29 is 5.11 Å². The molecule has 0 unspecified atom stereocenters. The van der Waals surface area contributed by atoms with Crippen LogP contribution in [-0.4, -0.2) is 26.7 Å². The number of nitrogens with one attached hydrogen (secondary N) is 1. The molecule has 3 aromatic rings. The average Bonchev–Trinajstić information content (AvgIpc) is 2.97. The van der Waals surface area contributed by atoms with Crippen LogP contribution >= 0.6 is 11.3 Å². The van der Waals surface area contributed by atoms with E-state index in [2.05, 4.69) is 15.3 Å². The van der Waals surface area contributed by atoms with Crippen molar-refractivity contribution in [2.24, 2.45) is 0 Å². The molecule has 0 amide bonds. The second kappa shape index (κ2) is 6.67.